The third-order valence-corrected chi connectivity index (χ3v) is 7.71. The Morgan fingerprint density at radius 2 is 1.86 bits per heavy atom. The van der Waals surface area contributed by atoms with Crippen LogP contribution in [0.3, 0.4) is 0 Å². The number of aromatic nitrogens is 2. The molecule has 0 unspecified atom stereocenters. The molecule has 1 aromatic carbocycles. The number of hydrogen-bond acceptors (Lipinski definition) is 4. The summed E-state index contributed by atoms with van der Waals surface area (Å²) in [5, 5.41) is 10.8. The molecule has 35 heavy (non-hydrogen) atoms. The number of benzene rings is 1. The minimum absolute atomic E-state index is 0.0133. The first-order valence-electron chi connectivity index (χ1n) is 12.5. The van der Waals surface area contributed by atoms with Crippen molar-refractivity contribution in [2.24, 2.45) is 0 Å². The first-order valence-corrected chi connectivity index (χ1v) is 12.5. The lowest BCUT2D eigenvalue weighted by Gasteiger charge is -2.28. The van der Waals surface area contributed by atoms with Crippen LogP contribution in [0, 0.1) is 0 Å². The largest absolute Gasteiger partial charge is 0.478 e. The van der Waals surface area contributed by atoms with Crippen molar-refractivity contribution >= 4 is 28.9 Å². The van der Waals surface area contributed by atoms with Gasteiger partial charge in [-0.05, 0) is 54.2 Å². The molecule has 7 heteroatoms. The van der Waals surface area contributed by atoms with Gasteiger partial charge in [-0.15, -0.1) is 0 Å². The maximum atomic E-state index is 13.6. The number of ether oxygens (including phenoxy) is 1. The molecule has 4 heterocycles. The molecular weight excluding hydrogens is 442 g/mol. The number of fused-ring (bicyclic) bond motifs is 5. The van der Waals surface area contributed by atoms with Crippen LogP contribution in [-0.2, 0) is 16.1 Å². The van der Waals surface area contributed by atoms with Gasteiger partial charge in [0.2, 0.25) is 0 Å². The number of carbonyl (C=O) groups is 2. The third-order valence-electron chi connectivity index (χ3n) is 7.71. The molecule has 0 spiro atoms. The van der Waals surface area contributed by atoms with E-state index in [0.29, 0.717) is 44.3 Å². The molecule has 0 radical (unpaired) electrons. The summed E-state index contributed by atoms with van der Waals surface area (Å²) in [6, 6.07) is 7.42. The second-order valence-corrected chi connectivity index (χ2v) is 9.76. The summed E-state index contributed by atoms with van der Waals surface area (Å²) in [5.74, 6) is -0.528. The number of nitrogens with zero attached hydrogens (tertiary/aromatic N) is 3. The molecule has 2 aliphatic heterocycles. The van der Waals surface area contributed by atoms with E-state index in [0.717, 1.165) is 40.6 Å². The number of hydrogen-bond donors (Lipinski definition) is 1. The van der Waals surface area contributed by atoms with Gasteiger partial charge in [-0.3, -0.25) is 9.78 Å². The van der Waals surface area contributed by atoms with Crippen LogP contribution in [0.4, 0.5) is 0 Å². The maximum Gasteiger partial charge on any atom is 0.335 e. The Morgan fingerprint density at radius 3 is 2.63 bits per heavy atom. The zero-order valence-corrected chi connectivity index (χ0v) is 19.7. The fourth-order valence-electron chi connectivity index (χ4n) is 6.00. The van der Waals surface area contributed by atoms with Crippen molar-refractivity contribution in [2.75, 3.05) is 26.3 Å². The van der Waals surface area contributed by atoms with E-state index in [1.807, 2.05) is 29.3 Å². The molecule has 1 saturated heterocycles. The van der Waals surface area contributed by atoms with Gasteiger partial charge in [0.15, 0.2) is 0 Å². The minimum Gasteiger partial charge on any atom is -0.478 e. The van der Waals surface area contributed by atoms with Crippen LogP contribution in [0.2, 0.25) is 0 Å². The molecule has 2 aromatic heterocycles. The average Bonchev–Trinajstić information content (AvgIpc) is 3.11. The highest BCUT2D eigenvalue weighted by molar-refractivity contribution is 6.03. The molecule has 7 nitrogen and oxygen atoms in total. The van der Waals surface area contributed by atoms with Crippen molar-refractivity contribution in [1.82, 2.24) is 14.5 Å². The van der Waals surface area contributed by atoms with Crippen LogP contribution in [0.25, 0.3) is 28.2 Å². The zero-order valence-electron chi connectivity index (χ0n) is 19.7. The Balaban J connectivity index is 1.59. The Labute approximate surface area is 204 Å². The van der Waals surface area contributed by atoms with Crippen LogP contribution >= 0.6 is 0 Å². The zero-order chi connectivity index (χ0) is 23.9. The highest BCUT2D eigenvalue weighted by Crippen LogP contribution is 2.46. The van der Waals surface area contributed by atoms with Gasteiger partial charge in [0.05, 0.1) is 31.0 Å². The highest BCUT2D eigenvalue weighted by atomic mass is 16.5. The summed E-state index contributed by atoms with van der Waals surface area (Å²) in [4.78, 5) is 31.8. The second-order valence-electron chi connectivity index (χ2n) is 9.76. The van der Waals surface area contributed by atoms with Crippen LogP contribution in [0.15, 0.2) is 42.2 Å². The molecule has 2 fully saturated rings. The van der Waals surface area contributed by atoms with Crippen molar-refractivity contribution < 1.29 is 19.4 Å². The van der Waals surface area contributed by atoms with Gasteiger partial charge in [0, 0.05) is 47.5 Å². The first-order chi connectivity index (χ1) is 17.1. The van der Waals surface area contributed by atoms with Crippen molar-refractivity contribution in [3.05, 3.63) is 58.9 Å². The summed E-state index contributed by atoms with van der Waals surface area (Å²) >= 11 is 0. The summed E-state index contributed by atoms with van der Waals surface area (Å²) in [5.41, 5.74) is 6.18. The molecule has 6 rings (SSSR count). The molecule has 1 saturated carbocycles. The third kappa shape index (κ3) is 3.84. The van der Waals surface area contributed by atoms with E-state index in [1.165, 1.54) is 24.8 Å². The van der Waals surface area contributed by atoms with Crippen molar-refractivity contribution in [2.45, 2.75) is 44.6 Å². The van der Waals surface area contributed by atoms with E-state index in [-0.39, 0.29) is 11.5 Å². The van der Waals surface area contributed by atoms with Gasteiger partial charge < -0.3 is 19.3 Å². The van der Waals surface area contributed by atoms with Crippen LogP contribution in [0.1, 0.15) is 59.5 Å². The van der Waals surface area contributed by atoms with Crippen LogP contribution in [-0.4, -0.2) is 57.7 Å². The Hall–Kier alpha value is -3.45. The predicted molar refractivity (Wildman–Crippen MR) is 133 cm³/mol. The minimum atomic E-state index is -0.947. The maximum absolute atomic E-state index is 13.6. The van der Waals surface area contributed by atoms with Gasteiger partial charge >= 0.3 is 5.97 Å². The van der Waals surface area contributed by atoms with Gasteiger partial charge in [-0.25, -0.2) is 4.79 Å². The number of rotatable bonds is 3. The first kappa shape index (κ1) is 22.0. The number of pyridine rings is 1. The monoisotopic (exact) mass is 471 g/mol. The lowest BCUT2D eigenvalue weighted by atomic mass is 9.81. The topological polar surface area (TPSA) is 84.7 Å². The van der Waals surface area contributed by atoms with Gasteiger partial charge in [-0.1, -0.05) is 25.3 Å². The normalized spacial score (nSPS) is 18.5. The number of amides is 1. The molecule has 1 N–H and O–H groups in total. The number of aromatic carboxylic acids is 1. The molecule has 0 bridgehead atoms. The lowest BCUT2D eigenvalue weighted by molar-refractivity contribution is -0.131. The van der Waals surface area contributed by atoms with Crippen LogP contribution < -0.4 is 0 Å². The number of carbonyl (C=O) groups excluding carboxylic acids is 1. The number of carboxylic acids is 1. The summed E-state index contributed by atoms with van der Waals surface area (Å²) in [6.45, 7) is 2.65. The van der Waals surface area contributed by atoms with Crippen molar-refractivity contribution in [1.29, 1.82) is 0 Å². The van der Waals surface area contributed by atoms with Gasteiger partial charge in [0.1, 0.15) is 0 Å². The molecule has 1 amide bonds. The fourth-order valence-corrected chi connectivity index (χ4v) is 6.00. The molecular formula is C28H29N3O4. The quantitative estimate of drug-likeness (QED) is 0.598. The Bertz CT molecular complexity index is 1340. The lowest BCUT2D eigenvalue weighted by Crippen LogP contribution is -2.41. The SMILES string of the molecule is O=C(O)c1ccc2c(C3CCCCC3)c3n(c2c1)CC(C(=O)N1CCOCC1)=Cc1ccncc1-3. The van der Waals surface area contributed by atoms with Crippen molar-refractivity contribution in [3.63, 3.8) is 0 Å². The fraction of sp³-hybridized carbons (Fsp3) is 0.393. The number of carboxylic acid groups (broad SMARTS) is 1. The molecule has 0 atom stereocenters. The van der Waals surface area contributed by atoms with Gasteiger partial charge in [0.25, 0.3) is 5.91 Å². The molecule has 1 aliphatic carbocycles. The summed E-state index contributed by atoms with van der Waals surface area (Å²) in [6.07, 6.45) is 11.6. The van der Waals surface area contributed by atoms with E-state index in [1.54, 1.807) is 18.3 Å². The smallest absolute Gasteiger partial charge is 0.335 e. The van der Waals surface area contributed by atoms with Gasteiger partial charge in [-0.2, -0.15) is 0 Å². The predicted octanol–water partition coefficient (Wildman–Crippen LogP) is 4.71. The Kier molecular flexibility index (Phi) is 5.65. The standard InChI is InChI=1S/C28H29N3O4/c32-27(30-10-12-35-13-11-30)21-14-19-8-9-29-16-23(19)26-25(18-4-2-1-3-5-18)22-7-6-20(28(33)34)15-24(22)31(26)17-21/h6-9,14-16,18H,1-5,10-13,17H2,(H,33,34). The molecule has 3 aliphatic rings. The van der Waals surface area contributed by atoms with E-state index >= 15 is 0 Å². The Morgan fingerprint density at radius 1 is 1.06 bits per heavy atom. The van der Waals surface area contributed by atoms with E-state index in [2.05, 4.69) is 9.55 Å². The van der Waals surface area contributed by atoms with E-state index < -0.39 is 5.97 Å². The molecule has 180 valence electrons. The van der Waals surface area contributed by atoms with E-state index in [9.17, 15) is 14.7 Å². The average molecular weight is 472 g/mol. The summed E-state index contributed by atoms with van der Waals surface area (Å²) < 4.78 is 7.63. The highest BCUT2D eigenvalue weighted by Gasteiger charge is 2.31. The van der Waals surface area contributed by atoms with Crippen LogP contribution in [0.5, 0.6) is 0 Å². The van der Waals surface area contributed by atoms with Crippen molar-refractivity contribution in [3.8, 4) is 11.3 Å². The molecule has 3 aromatic rings. The second kappa shape index (κ2) is 8.96. The van der Waals surface area contributed by atoms with E-state index in [4.69, 9.17) is 4.74 Å². The number of morpholine rings is 1. The summed E-state index contributed by atoms with van der Waals surface area (Å²) in [7, 11) is 0.